The van der Waals surface area contributed by atoms with Gasteiger partial charge < -0.3 is 9.47 Å². The molecule has 0 N–H and O–H groups in total. The van der Waals surface area contributed by atoms with E-state index in [0.29, 0.717) is 18.3 Å². The molecular weight excluding hydrogens is 292 g/mol. The minimum absolute atomic E-state index is 0.316. The Labute approximate surface area is 138 Å². The van der Waals surface area contributed by atoms with Crippen molar-refractivity contribution in [2.45, 2.75) is 46.6 Å². The van der Waals surface area contributed by atoms with Gasteiger partial charge >= 0.3 is 6.09 Å². The Hall–Kier alpha value is -2.04. The third kappa shape index (κ3) is 4.24. The minimum Gasteiger partial charge on any atom is -0.481 e. The zero-order valence-corrected chi connectivity index (χ0v) is 14.8. The first-order valence-electron chi connectivity index (χ1n) is 7.93. The third-order valence-electron chi connectivity index (χ3n) is 3.63. The minimum atomic E-state index is -0.517. The van der Waals surface area contributed by atoms with Gasteiger partial charge in [-0.25, -0.2) is 9.78 Å². The van der Waals surface area contributed by atoms with Crippen molar-refractivity contribution in [1.29, 1.82) is 0 Å². The molecule has 2 heterocycles. The van der Waals surface area contributed by atoms with E-state index in [1.165, 1.54) is 0 Å². The molecule has 0 saturated carbocycles. The lowest BCUT2D eigenvalue weighted by Crippen LogP contribution is -2.39. The lowest BCUT2D eigenvalue weighted by molar-refractivity contribution is 0.0327. The first kappa shape index (κ1) is 17.3. The quantitative estimate of drug-likeness (QED) is 0.826. The van der Waals surface area contributed by atoms with Crippen LogP contribution >= 0.6 is 0 Å². The molecule has 1 aliphatic rings. The molecule has 1 aromatic rings. The van der Waals surface area contributed by atoms with E-state index in [0.717, 1.165) is 23.2 Å². The van der Waals surface area contributed by atoms with E-state index in [1.807, 2.05) is 33.8 Å². The molecule has 23 heavy (non-hydrogen) atoms. The van der Waals surface area contributed by atoms with Gasteiger partial charge in [0.2, 0.25) is 5.88 Å². The number of nitrogens with zero attached hydrogens (tertiary/aromatic N) is 2. The molecule has 126 valence electrons. The van der Waals surface area contributed by atoms with Crippen molar-refractivity contribution in [3.63, 3.8) is 0 Å². The summed E-state index contributed by atoms with van der Waals surface area (Å²) in [4.78, 5) is 18.6. The summed E-state index contributed by atoms with van der Waals surface area (Å²) in [6, 6.07) is 1.99. The average Bonchev–Trinajstić information content (AvgIpc) is 2.45. The van der Waals surface area contributed by atoms with Crippen LogP contribution in [0.1, 0.15) is 45.2 Å². The topological polar surface area (TPSA) is 51.7 Å². The summed E-state index contributed by atoms with van der Waals surface area (Å²) < 4.78 is 10.8. The van der Waals surface area contributed by atoms with Crippen LogP contribution in [0.3, 0.4) is 0 Å². The van der Waals surface area contributed by atoms with Crippen LogP contribution in [-0.2, 0) is 4.74 Å². The van der Waals surface area contributed by atoms with Crippen LogP contribution in [0.15, 0.2) is 18.3 Å². The van der Waals surface area contributed by atoms with E-state index >= 15 is 0 Å². The van der Waals surface area contributed by atoms with Gasteiger partial charge in [-0.05, 0) is 46.1 Å². The predicted octanol–water partition coefficient (Wildman–Crippen LogP) is 4.02. The molecule has 1 amide bonds. The van der Waals surface area contributed by atoms with E-state index in [9.17, 15) is 4.79 Å². The molecule has 0 aromatic carbocycles. The maximum atomic E-state index is 12.6. The molecule has 0 radical (unpaired) electrons. The summed E-state index contributed by atoms with van der Waals surface area (Å²) >= 11 is 0. The number of methoxy groups -OCH3 is 1. The number of hydrogen-bond acceptors (Lipinski definition) is 4. The molecule has 1 aromatic heterocycles. The van der Waals surface area contributed by atoms with Crippen molar-refractivity contribution in [1.82, 2.24) is 9.88 Å². The molecule has 2 rings (SSSR count). The molecule has 0 fully saturated rings. The third-order valence-corrected chi connectivity index (χ3v) is 3.63. The van der Waals surface area contributed by atoms with Gasteiger partial charge in [0.15, 0.2) is 0 Å². The molecule has 0 bridgehead atoms. The number of pyridine rings is 1. The smallest absolute Gasteiger partial charge is 0.414 e. The van der Waals surface area contributed by atoms with Crippen LogP contribution in [0.5, 0.6) is 5.88 Å². The molecule has 5 nitrogen and oxygen atoms in total. The van der Waals surface area contributed by atoms with E-state index < -0.39 is 5.60 Å². The van der Waals surface area contributed by atoms with Crippen molar-refractivity contribution in [3.05, 3.63) is 29.5 Å². The highest BCUT2D eigenvalue weighted by Crippen LogP contribution is 2.30. The second-order valence-electron chi connectivity index (χ2n) is 7.07. The van der Waals surface area contributed by atoms with Crippen molar-refractivity contribution >= 4 is 11.8 Å². The summed E-state index contributed by atoms with van der Waals surface area (Å²) in [5.74, 6) is 1.00. The fraction of sp³-hybridized carbons (Fsp3) is 0.556. The number of rotatable bonds is 2. The highest BCUT2D eigenvalue weighted by Gasteiger charge is 2.29. The monoisotopic (exact) mass is 318 g/mol. The fourth-order valence-electron chi connectivity index (χ4n) is 2.59. The zero-order valence-electron chi connectivity index (χ0n) is 14.8. The van der Waals surface area contributed by atoms with Gasteiger partial charge in [0, 0.05) is 23.9 Å². The molecule has 1 atom stereocenters. The molecular formula is C18H26N2O3. The second kappa shape index (κ2) is 6.60. The van der Waals surface area contributed by atoms with Crippen LogP contribution in [0.2, 0.25) is 0 Å². The summed E-state index contributed by atoms with van der Waals surface area (Å²) in [7, 11) is 1.60. The molecule has 5 heteroatoms. The zero-order chi connectivity index (χ0) is 17.2. The Bertz CT molecular complexity index is 617. The van der Waals surface area contributed by atoms with Crippen LogP contribution in [0, 0.1) is 12.8 Å². The van der Waals surface area contributed by atoms with Crippen molar-refractivity contribution in [2.24, 2.45) is 5.92 Å². The van der Waals surface area contributed by atoms with Crippen molar-refractivity contribution in [3.8, 4) is 5.88 Å². The van der Waals surface area contributed by atoms with Gasteiger partial charge in [-0.3, -0.25) is 4.90 Å². The molecule has 0 aliphatic carbocycles. The molecule has 1 aliphatic heterocycles. The van der Waals surface area contributed by atoms with Crippen molar-refractivity contribution in [2.75, 3.05) is 13.7 Å². The number of carbonyl (C=O) groups excluding carboxylic acids is 1. The van der Waals surface area contributed by atoms with E-state index in [4.69, 9.17) is 9.47 Å². The molecule has 1 unspecified atom stereocenters. The summed E-state index contributed by atoms with van der Waals surface area (Å²) in [6.45, 7) is 10.3. The first-order valence-corrected chi connectivity index (χ1v) is 7.93. The maximum Gasteiger partial charge on any atom is 0.414 e. The van der Waals surface area contributed by atoms with E-state index in [1.54, 1.807) is 18.2 Å². The average molecular weight is 318 g/mol. The second-order valence-corrected chi connectivity index (χ2v) is 7.07. The number of hydrogen-bond donors (Lipinski definition) is 0. The largest absolute Gasteiger partial charge is 0.481 e. The summed E-state index contributed by atoms with van der Waals surface area (Å²) in [5, 5.41) is 0. The van der Waals surface area contributed by atoms with Gasteiger partial charge in [-0.1, -0.05) is 13.0 Å². The van der Waals surface area contributed by atoms with Crippen LogP contribution in [-0.4, -0.2) is 35.2 Å². The standard InChI is InChI=1S/C18H26N2O3/c1-12-7-8-15(14-9-13(2)16(22-6)19-10-14)20(11-12)17(21)23-18(3,4)5/h8-10,12H,7,11H2,1-6H3. The van der Waals surface area contributed by atoms with E-state index in [-0.39, 0.29) is 6.09 Å². The van der Waals surface area contributed by atoms with Gasteiger partial charge in [0.25, 0.3) is 0 Å². The Morgan fingerprint density at radius 1 is 1.39 bits per heavy atom. The summed E-state index contributed by atoms with van der Waals surface area (Å²) in [5.41, 5.74) is 2.18. The lowest BCUT2D eigenvalue weighted by atomic mass is 9.98. The van der Waals surface area contributed by atoms with Crippen LogP contribution in [0.4, 0.5) is 4.79 Å². The van der Waals surface area contributed by atoms with Gasteiger partial charge in [-0.15, -0.1) is 0 Å². The number of ether oxygens (including phenoxy) is 2. The molecule has 0 saturated heterocycles. The Balaban J connectivity index is 2.33. The SMILES string of the molecule is COc1ncc(C2=CCC(C)CN2C(=O)OC(C)(C)C)cc1C. The van der Waals surface area contributed by atoms with Crippen LogP contribution < -0.4 is 4.74 Å². The number of aryl methyl sites for hydroxylation is 1. The van der Waals surface area contributed by atoms with Gasteiger partial charge in [0.1, 0.15) is 5.60 Å². The Morgan fingerprint density at radius 2 is 2.09 bits per heavy atom. The van der Waals surface area contributed by atoms with Gasteiger partial charge in [-0.2, -0.15) is 0 Å². The highest BCUT2D eigenvalue weighted by atomic mass is 16.6. The first-order chi connectivity index (χ1) is 10.7. The normalized spacial score (nSPS) is 18.4. The number of allylic oxidation sites excluding steroid dienone is 1. The van der Waals surface area contributed by atoms with Gasteiger partial charge in [0.05, 0.1) is 12.8 Å². The fourth-order valence-corrected chi connectivity index (χ4v) is 2.59. The Kier molecular flexibility index (Phi) is 4.97. The number of amides is 1. The van der Waals surface area contributed by atoms with Crippen molar-refractivity contribution < 1.29 is 14.3 Å². The van der Waals surface area contributed by atoms with Crippen LogP contribution in [0.25, 0.3) is 5.70 Å². The molecule has 0 spiro atoms. The lowest BCUT2D eigenvalue weighted by Gasteiger charge is -2.33. The highest BCUT2D eigenvalue weighted by molar-refractivity contribution is 5.83. The number of aromatic nitrogens is 1. The predicted molar refractivity (Wildman–Crippen MR) is 90.2 cm³/mol. The maximum absolute atomic E-state index is 12.6. The summed E-state index contributed by atoms with van der Waals surface area (Å²) in [6.07, 6.45) is 4.44. The number of carbonyl (C=O) groups is 1. The van der Waals surface area contributed by atoms with E-state index in [2.05, 4.69) is 18.0 Å². The Morgan fingerprint density at radius 3 is 2.65 bits per heavy atom.